The van der Waals surface area contributed by atoms with Gasteiger partial charge in [0.15, 0.2) is 0 Å². The molecule has 0 fully saturated rings. The molecule has 0 saturated carbocycles. The Balaban J connectivity index is 2.21. The Morgan fingerprint density at radius 2 is 2.36 bits per heavy atom. The summed E-state index contributed by atoms with van der Waals surface area (Å²) in [5, 5.41) is 9.07. The minimum Gasteiger partial charge on any atom is -0.477 e. The second-order valence-corrected chi connectivity index (χ2v) is 4.52. The summed E-state index contributed by atoms with van der Waals surface area (Å²) in [7, 11) is 0. The summed E-state index contributed by atoms with van der Waals surface area (Å²) < 4.78 is 0. The summed E-state index contributed by atoms with van der Waals surface area (Å²) in [6.45, 7) is 0.515. The van der Waals surface area contributed by atoms with Crippen molar-refractivity contribution >= 4 is 17.7 Å². The number of fused-ring (bicyclic) bond motifs is 1. The van der Waals surface area contributed by atoms with Gasteiger partial charge < -0.3 is 10.8 Å². The fourth-order valence-corrected chi connectivity index (χ4v) is 2.72. The molecule has 0 bridgehead atoms. The minimum atomic E-state index is -0.833. The van der Waals surface area contributed by atoms with E-state index in [0.717, 1.165) is 5.57 Å². The summed E-state index contributed by atoms with van der Waals surface area (Å²) >= 11 is 1.40. The average Bonchev–Trinajstić information content (AvgIpc) is 2.59. The Bertz CT molecular complexity index is 357. The highest BCUT2D eigenvalue weighted by molar-refractivity contribution is 8.05. The van der Waals surface area contributed by atoms with Gasteiger partial charge >= 0.3 is 5.97 Å². The van der Waals surface area contributed by atoms with Gasteiger partial charge in [0.1, 0.15) is 0 Å². The Hall–Kier alpha value is -1.00. The predicted octanol–water partition coefficient (Wildman–Crippen LogP) is 1.14. The first kappa shape index (κ1) is 9.55. The zero-order valence-electron chi connectivity index (χ0n) is 7.51. The van der Waals surface area contributed by atoms with Crippen LogP contribution in [0.4, 0.5) is 0 Å². The molecule has 2 rings (SSSR count). The van der Waals surface area contributed by atoms with Crippen LogP contribution in [0.2, 0.25) is 0 Å². The van der Waals surface area contributed by atoms with Gasteiger partial charge in [0.05, 0.1) is 4.91 Å². The van der Waals surface area contributed by atoms with Gasteiger partial charge in [-0.3, -0.25) is 0 Å². The smallest absolute Gasteiger partial charge is 0.341 e. The fourth-order valence-electron chi connectivity index (χ4n) is 1.62. The van der Waals surface area contributed by atoms with E-state index in [9.17, 15) is 4.79 Å². The standard InChI is InChI=1S/C10H11NO2S/c11-5-6-1-2-8-7(3-6)4-9(14-8)10(12)13/h1-4,7-8H,5,11H2,(H,12,13). The first-order chi connectivity index (χ1) is 6.70. The van der Waals surface area contributed by atoms with Gasteiger partial charge in [-0.15, -0.1) is 11.8 Å². The maximum atomic E-state index is 10.7. The van der Waals surface area contributed by atoms with Crippen LogP contribution in [0.1, 0.15) is 0 Å². The van der Waals surface area contributed by atoms with Gasteiger partial charge in [0.25, 0.3) is 0 Å². The van der Waals surface area contributed by atoms with E-state index in [1.54, 1.807) is 6.08 Å². The highest BCUT2D eigenvalue weighted by atomic mass is 32.2. The van der Waals surface area contributed by atoms with Gasteiger partial charge in [-0.05, 0) is 5.57 Å². The lowest BCUT2D eigenvalue weighted by atomic mass is 9.95. The van der Waals surface area contributed by atoms with E-state index in [2.05, 4.69) is 0 Å². The van der Waals surface area contributed by atoms with Crippen LogP contribution >= 0.6 is 11.8 Å². The average molecular weight is 209 g/mol. The third-order valence-corrected chi connectivity index (χ3v) is 3.65. The van der Waals surface area contributed by atoms with Gasteiger partial charge in [0, 0.05) is 17.7 Å². The van der Waals surface area contributed by atoms with Crippen molar-refractivity contribution in [1.82, 2.24) is 0 Å². The largest absolute Gasteiger partial charge is 0.477 e. The SMILES string of the molecule is NCC1=CC2C=C(C(=O)O)SC2C=C1. The lowest BCUT2D eigenvalue weighted by Crippen LogP contribution is -2.13. The number of allylic oxidation sites excluding steroid dienone is 2. The first-order valence-electron chi connectivity index (χ1n) is 4.41. The van der Waals surface area contributed by atoms with Crippen molar-refractivity contribution in [2.75, 3.05) is 6.54 Å². The zero-order chi connectivity index (χ0) is 10.1. The number of thioether (sulfide) groups is 1. The molecule has 3 nitrogen and oxygen atoms in total. The van der Waals surface area contributed by atoms with Crippen LogP contribution in [-0.4, -0.2) is 22.9 Å². The molecule has 0 spiro atoms. The monoisotopic (exact) mass is 209 g/mol. The molecule has 2 aliphatic rings. The molecule has 1 heterocycles. The molecule has 2 unspecified atom stereocenters. The van der Waals surface area contributed by atoms with Gasteiger partial charge in [0.2, 0.25) is 0 Å². The number of carbonyl (C=O) groups is 1. The molecular formula is C10H11NO2S. The van der Waals surface area contributed by atoms with Crippen molar-refractivity contribution in [2.45, 2.75) is 5.25 Å². The summed E-state index contributed by atoms with van der Waals surface area (Å²) in [6.07, 6.45) is 7.86. The van der Waals surface area contributed by atoms with E-state index in [1.807, 2.05) is 18.2 Å². The van der Waals surface area contributed by atoms with Crippen molar-refractivity contribution in [3.63, 3.8) is 0 Å². The van der Waals surface area contributed by atoms with Crippen LogP contribution in [0.5, 0.6) is 0 Å². The van der Waals surface area contributed by atoms with Gasteiger partial charge in [-0.25, -0.2) is 4.79 Å². The molecule has 3 N–H and O–H groups in total. The molecule has 74 valence electrons. The molecule has 2 atom stereocenters. The van der Waals surface area contributed by atoms with Gasteiger partial charge in [-0.2, -0.15) is 0 Å². The van der Waals surface area contributed by atoms with E-state index in [0.29, 0.717) is 11.4 Å². The Kier molecular flexibility index (Phi) is 2.48. The number of carboxylic acid groups (broad SMARTS) is 1. The molecule has 1 aliphatic carbocycles. The molecule has 0 aromatic rings. The van der Waals surface area contributed by atoms with Crippen molar-refractivity contribution in [3.8, 4) is 0 Å². The van der Waals surface area contributed by atoms with E-state index in [4.69, 9.17) is 10.8 Å². The number of hydrogen-bond acceptors (Lipinski definition) is 3. The number of aliphatic carboxylic acids is 1. The Labute approximate surface area is 86.4 Å². The van der Waals surface area contributed by atoms with E-state index < -0.39 is 5.97 Å². The molecular weight excluding hydrogens is 198 g/mol. The van der Waals surface area contributed by atoms with Crippen LogP contribution in [-0.2, 0) is 4.79 Å². The molecule has 14 heavy (non-hydrogen) atoms. The maximum absolute atomic E-state index is 10.7. The lowest BCUT2D eigenvalue weighted by molar-refractivity contribution is -0.131. The van der Waals surface area contributed by atoms with Crippen molar-refractivity contribution in [2.24, 2.45) is 11.7 Å². The first-order valence-corrected chi connectivity index (χ1v) is 5.29. The Morgan fingerprint density at radius 3 is 3.00 bits per heavy atom. The molecule has 0 amide bonds. The minimum absolute atomic E-state index is 0.203. The molecule has 4 heteroatoms. The van der Waals surface area contributed by atoms with Gasteiger partial charge in [-0.1, -0.05) is 24.3 Å². The summed E-state index contributed by atoms with van der Waals surface area (Å²) in [5.74, 6) is -0.629. The van der Waals surface area contributed by atoms with Crippen LogP contribution in [0.3, 0.4) is 0 Å². The number of nitrogens with two attached hydrogens (primary N) is 1. The van der Waals surface area contributed by atoms with Crippen molar-refractivity contribution in [3.05, 3.63) is 34.8 Å². The highest BCUT2D eigenvalue weighted by Crippen LogP contribution is 2.40. The van der Waals surface area contributed by atoms with E-state index >= 15 is 0 Å². The molecule has 0 saturated heterocycles. The summed E-state index contributed by atoms with van der Waals surface area (Å²) in [6, 6.07) is 0. The molecule has 0 aromatic carbocycles. The fraction of sp³-hybridized carbons (Fsp3) is 0.300. The summed E-state index contributed by atoms with van der Waals surface area (Å²) in [4.78, 5) is 11.2. The predicted molar refractivity (Wildman–Crippen MR) is 56.9 cm³/mol. The van der Waals surface area contributed by atoms with E-state index in [1.165, 1.54) is 11.8 Å². The highest BCUT2D eigenvalue weighted by Gasteiger charge is 2.29. The van der Waals surface area contributed by atoms with Crippen LogP contribution in [0, 0.1) is 5.92 Å². The number of rotatable bonds is 2. The van der Waals surface area contributed by atoms with E-state index in [-0.39, 0.29) is 11.2 Å². The third-order valence-electron chi connectivity index (χ3n) is 2.34. The quantitative estimate of drug-likeness (QED) is 0.716. The maximum Gasteiger partial charge on any atom is 0.341 e. The molecule has 1 aliphatic heterocycles. The van der Waals surface area contributed by atoms with Crippen LogP contribution < -0.4 is 5.73 Å². The second-order valence-electron chi connectivity index (χ2n) is 3.30. The zero-order valence-corrected chi connectivity index (χ0v) is 8.33. The van der Waals surface area contributed by atoms with Crippen molar-refractivity contribution < 1.29 is 9.90 Å². The number of carboxylic acids is 1. The van der Waals surface area contributed by atoms with Crippen LogP contribution in [0.15, 0.2) is 34.8 Å². The second kappa shape index (κ2) is 3.63. The van der Waals surface area contributed by atoms with Crippen molar-refractivity contribution in [1.29, 1.82) is 0 Å². The normalized spacial score (nSPS) is 29.5. The Morgan fingerprint density at radius 1 is 1.57 bits per heavy atom. The molecule has 0 radical (unpaired) electrons. The molecule has 0 aromatic heterocycles. The summed E-state index contributed by atoms with van der Waals surface area (Å²) in [5.41, 5.74) is 6.60. The lowest BCUT2D eigenvalue weighted by Gasteiger charge is -2.16. The third kappa shape index (κ3) is 1.63. The topological polar surface area (TPSA) is 63.3 Å². The number of hydrogen-bond donors (Lipinski definition) is 2. The van der Waals surface area contributed by atoms with Crippen LogP contribution in [0.25, 0.3) is 0 Å².